The van der Waals surface area contributed by atoms with Crippen LogP contribution in [-0.2, 0) is 0 Å². The smallest absolute Gasteiger partial charge is 0.164 e. The van der Waals surface area contributed by atoms with Crippen LogP contribution in [-0.4, -0.2) is 38.0 Å². The summed E-state index contributed by atoms with van der Waals surface area (Å²) in [5, 5.41) is 7.75. The highest BCUT2D eigenvalue weighted by atomic mass is 16.1. The average Bonchev–Trinajstić information content (AvgIpc) is 3.21. The third kappa shape index (κ3) is 4.28. The first-order chi connectivity index (χ1) is 14.7. The van der Waals surface area contributed by atoms with E-state index in [4.69, 9.17) is 4.98 Å². The third-order valence-electron chi connectivity index (χ3n) is 5.15. The summed E-state index contributed by atoms with van der Waals surface area (Å²) in [7, 11) is 0. The van der Waals surface area contributed by atoms with Crippen molar-refractivity contribution in [3.05, 3.63) is 72.7 Å². The molecule has 0 aliphatic carbocycles. The number of pyridine rings is 1. The van der Waals surface area contributed by atoms with Gasteiger partial charge in [-0.3, -0.25) is 9.78 Å². The lowest BCUT2D eigenvalue weighted by Crippen LogP contribution is -2.26. The van der Waals surface area contributed by atoms with E-state index in [9.17, 15) is 4.79 Å². The van der Waals surface area contributed by atoms with Crippen molar-refractivity contribution in [3.63, 3.8) is 0 Å². The van der Waals surface area contributed by atoms with Crippen LogP contribution in [0.15, 0.2) is 67.1 Å². The number of hydrogen-bond donors (Lipinski definition) is 1. The number of carbonyl (C=O) groups excluding carboxylic acids is 1. The standard InChI is InChI=1S/C24H25N5O/c1-3-25-17(2)9-10-23(30)19-11-13-26-22(15-19)20-16-27-29-14-12-21(28-24(20)29)18-7-5-4-6-8-18/h4-8,11-17,25H,3,9-10H2,1-2H3/t17-/m1/s1. The molecule has 4 aromatic rings. The van der Waals surface area contributed by atoms with E-state index in [1.165, 1.54) is 0 Å². The number of aromatic nitrogens is 4. The van der Waals surface area contributed by atoms with Crippen LogP contribution in [0.3, 0.4) is 0 Å². The summed E-state index contributed by atoms with van der Waals surface area (Å²) < 4.78 is 1.73. The zero-order valence-corrected chi connectivity index (χ0v) is 17.2. The second kappa shape index (κ2) is 8.97. The summed E-state index contributed by atoms with van der Waals surface area (Å²) in [5.41, 5.74) is 4.81. The number of ketones is 1. The van der Waals surface area contributed by atoms with E-state index >= 15 is 0 Å². The maximum Gasteiger partial charge on any atom is 0.164 e. The molecule has 3 aromatic heterocycles. The highest BCUT2D eigenvalue weighted by Gasteiger charge is 2.14. The lowest BCUT2D eigenvalue weighted by atomic mass is 10.0. The summed E-state index contributed by atoms with van der Waals surface area (Å²) in [4.78, 5) is 22.0. The Bertz CT molecular complexity index is 1150. The molecule has 1 N–H and O–H groups in total. The SMILES string of the molecule is CCN[C@H](C)CCC(=O)c1ccnc(-c2cnn3ccc(-c4ccccc4)nc23)c1. The fourth-order valence-electron chi connectivity index (χ4n) is 3.51. The fraction of sp³-hybridized carbons (Fsp3) is 0.250. The molecule has 0 amide bonds. The fourth-order valence-corrected chi connectivity index (χ4v) is 3.51. The van der Waals surface area contributed by atoms with Crippen molar-refractivity contribution in [1.82, 2.24) is 24.9 Å². The number of fused-ring (bicyclic) bond motifs is 1. The maximum atomic E-state index is 12.7. The monoisotopic (exact) mass is 399 g/mol. The molecule has 0 fully saturated rings. The number of Topliss-reactive ketones (excluding diaryl/α,β-unsaturated/α-hetero) is 1. The Morgan fingerprint density at radius 1 is 1.13 bits per heavy atom. The van der Waals surface area contributed by atoms with Gasteiger partial charge in [0, 0.05) is 36.0 Å². The minimum absolute atomic E-state index is 0.123. The largest absolute Gasteiger partial charge is 0.315 e. The zero-order chi connectivity index (χ0) is 20.9. The van der Waals surface area contributed by atoms with Crippen molar-refractivity contribution in [3.8, 4) is 22.5 Å². The zero-order valence-electron chi connectivity index (χ0n) is 17.2. The van der Waals surface area contributed by atoms with Gasteiger partial charge in [0.2, 0.25) is 0 Å². The maximum absolute atomic E-state index is 12.7. The molecule has 0 spiro atoms. The van der Waals surface area contributed by atoms with Crippen LogP contribution in [0.2, 0.25) is 0 Å². The number of rotatable bonds is 8. The summed E-state index contributed by atoms with van der Waals surface area (Å²) in [6.45, 7) is 5.08. The second-order valence-corrected chi connectivity index (χ2v) is 7.36. The van der Waals surface area contributed by atoms with Crippen LogP contribution < -0.4 is 5.32 Å². The predicted octanol–water partition coefficient (Wildman–Crippen LogP) is 4.42. The van der Waals surface area contributed by atoms with Crippen molar-refractivity contribution in [2.24, 2.45) is 0 Å². The van der Waals surface area contributed by atoms with Gasteiger partial charge in [0.25, 0.3) is 0 Å². The molecular formula is C24H25N5O. The predicted molar refractivity (Wildman–Crippen MR) is 118 cm³/mol. The van der Waals surface area contributed by atoms with Crippen LogP contribution in [0.5, 0.6) is 0 Å². The normalized spacial score (nSPS) is 12.2. The highest BCUT2D eigenvalue weighted by Crippen LogP contribution is 2.25. The molecule has 1 aromatic carbocycles. The Kier molecular flexibility index (Phi) is 5.95. The van der Waals surface area contributed by atoms with Gasteiger partial charge in [-0.05, 0) is 38.1 Å². The van der Waals surface area contributed by atoms with Gasteiger partial charge in [-0.1, -0.05) is 37.3 Å². The first-order valence-corrected chi connectivity index (χ1v) is 10.3. The quantitative estimate of drug-likeness (QED) is 0.444. The number of benzene rings is 1. The van der Waals surface area contributed by atoms with Crippen LogP contribution in [0, 0.1) is 0 Å². The topological polar surface area (TPSA) is 72.2 Å². The van der Waals surface area contributed by atoms with Gasteiger partial charge in [0.15, 0.2) is 11.4 Å². The first kappa shape index (κ1) is 19.9. The molecule has 6 nitrogen and oxygen atoms in total. The van der Waals surface area contributed by atoms with Gasteiger partial charge in [-0.15, -0.1) is 0 Å². The number of carbonyl (C=O) groups is 1. The van der Waals surface area contributed by atoms with Crippen molar-refractivity contribution < 1.29 is 4.79 Å². The minimum Gasteiger partial charge on any atom is -0.315 e. The molecule has 6 heteroatoms. The summed E-state index contributed by atoms with van der Waals surface area (Å²) in [6, 6.07) is 15.9. The van der Waals surface area contributed by atoms with Gasteiger partial charge in [0.1, 0.15) is 0 Å². The Morgan fingerprint density at radius 2 is 1.97 bits per heavy atom. The molecule has 3 heterocycles. The molecule has 0 radical (unpaired) electrons. The van der Waals surface area contributed by atoms with Crippen LogP contribution in [0.1, 0.15) is 37.0 Å². The van der Waals surface area contributed by atoms with Crippen LogP contribution in [0.4, 0.5) is 0 Å². The first-order valence-electron chi connectivity index (χ1n) is 10.3. The Morgan fingerprint density at radius 3 is 2.77 bits per heavy atom. The minimum atomic E-state index is 0.123. The van der Waals surface area contributed by atoms with E-state index in [2.05, 4.69) is 29.2 Å². The Labute approximate surface area is 176 Å². The number of nitrogens with zero attached hydrogens (tertiary/aromatic N) is 4. The molecule has 4 rings (SSSR count). The van der Waals surface area contributed by atoms with E-state index in [1.54, 1.807) is 23.0 Å². The van der Waals surface area contributed by atoms with Gasteiger partial charge < -0.3 is 5.32 Å². The van der Waals surface area contributed by atoms with Gasteiger partial charge in [-0.25, -0.2) is 9.50 Å². The lowest BCUT2D eigenvalue weighted by molar-refractivity contribution is 0.0976. The molecule has 0 saturated carbocycles. The van der Waals surface area contributed by atoms with Gasteiger partial charge in [0.05, 0.1) is 23.1 Å². The molecule has 0 bridgehead atoms. The van der Waals surface area contributed by atoms with E-state index < -0.39 is 0 Å². The van der Waals surface area contributed by atoms with Crippen molar-refractivity contribution in [2.45, 2.75) is 32.7 Å². The van der Waals surface area contributed by atoms with Crippen molar-refractivity contribution in [2.75, 3.05) is 6.54 Å². The van der Waals surface area contributed by atoms with Gasteiger partial charge in [-0.2, -0.15) is 5.10 Å². The van der Waals surface area contributed by atoms with E-state index in [0.717, 1.165) is 29.8 Å². The van der Waals surface area contributed by atoms with Gasteiger partial charge >= 0.3 is 0 Å². The average molecular weight is 399 g/mol. The molecule has 0 saturated heterocycles. The molecule has 152 valence electrons. The highest BCUT2D eigenvalue weighted by molar-refractivity contribution is 5.97. The van der Waals surface area contributed by atoms with Crippen molar-refractivity contribution in [1.29, 1.82) is 0 Å². The molecule has 0 aliphatic heterocycles. The number of nitrogens with one attached hydrogen (secondary N) is 1. The summed E-state index contributed by atoms with van der Waals surface area (Å²) >= 11 is 0. The molecule has 0 unspecified atom stereocenters. The van der Waals surface area contributed by atoms with E-state index in [1.807, 2.05) is 48.7 Å². The van der Waals surface area contributed by atoms with Crippen LogP contribution >= 0.6 is 0 Å². The molecular weight excluding hydrogens is 374 g/mol. The summed E-state index contributed by atoms with van der Waals surface area (Å²) in [6.07, 6.45) is 6.64. The second-order valence-electron chi connectivity index (χ2n) is 7.36. The third-order valence-corrected chi connectivity index (χ3v) is 5.15. The summed E-state index contributed by atoms with van der Waals surface area (Å²) in [5.74, 6) is 0.123. The molecule has 30 heavy (non-hydrogen) atoms. The van der Waals surface area contributed by atoms with E-state index in [-0.39, 0.29) is 5.78 Å². The van der Waals surface area contributed by atoms with Crippen LogP contribution in [0.25, 0.3) is 28.2 Å². The molecule has 0 aliphatic rings. The van der Waals surface area contributed by atoms with Crippen molar-refractivity contribution >= 4 is 11.4 Å². The molecule has 1 atom stereocenters. The Balaban J connectivity index is 1.63. The lowest BCUT2D eigenvalue weighted by Gasteiger charge is -2.11. The Hall–Kier alpha value is -3.38. The number of hydrogen-bond acceptors (Lipinski definition) is 5. The van der Waals surface area contributed by atoms with E-state index in [0.29, 0.717) is 29.4 Å².